The SMILES string of the molecule is O=C(S)CCC(=O)c1ccccc1. The molecule has 0 atom stereocenters. The van der Waals surface area contributed by atoms with Crippen LogP contribution in [0.25, 0.3) is 0 Å². The van der Waals surface area contributed by atoms with E-state index in [-0.39, 0.29) is 23.7 Å². The molecule has 0 aliphatic heterocycles. The van der Waals surface area contributed by atoms with Crippen molar-refractivity contribution < 1.29 is 9.59 Å². The molecule has 0 bridgehead atoms. The smallest absolute Gasteiger partial charge is 0.186 e. The molecule has 0 saturated carbocycles. The van der Waals surface area contributed by atoms with Crippen LogP contribution in [-0.4, -0.2) is 10.9 Å². The van der Waals surface area contributed by atoms with Gasteiger partial charge in [-0.1, -0.05) is 30.3 Å². The molecule has 2 nitrogen and oxygen atoms in total. The van der Waals surface area contributed by atoms with E-state index in [9.17, 15) is 9.59 Å². The zero-order valence-corrected chi connectivity index (χ0v) is 7.96. The number of carbonyl (C=O) groups is 2. The number of Topliss-reactive ketones (excluding diaryl/α,β-unsaturated/α-hetero) is 1. The Morgan fingerprint density at radius 3 is 2.23 bits per heavy atom. The lowest BCUT2D eigenvalue weighted by Crippen LogP contribution is -2.00. The molecule has 0 radical (unpaired) electrons. The van der Waals surface area contributed by atoms with E-state index in [1.165, 1.54) is 0 Å². The summed E-state index contributed by atoms with van der Waals surface area (Å²) < 4.78 is 0. The normalized spacial score (nSPS) is 9.62. The van der Waals surface area contributed by atoms with Crippen molar-refractivity contribution in [1.82, 2.24) is 0 Å². The van der Waals surface area contributed by atoms with E-state index in [4.69, 9.17) is 0 Å². The van der Waals surface area contributed by atoms with Crippen LogP contribution in [-0.2, 0) is 4.79 Å². The number of hydrogen-bond donors (Lipinski definition) is 1. The molecule has 0 aliphatic carbocycles. The largest absolute Gasteiger partial charge is 0.294 e. The summed E-state index contributed by atoms with van der Waals surface area (Å²) in [5.74, 6) is -0.0111. The summed E-state index contributed by atoms with van der Waals surface area (Å²) in [6.07, 6.45) is 0.448. The molecule has 0 aromatic heterocycles. The van der Waals surface area contributed by atoms with Crippen LogP contribution in [0.4, 0.5) is 0 Å². The molecule has 0 spiro atoms. The fraction of sp³-hybridized carbons (Fsp3) is 0.200. The average Bonchev–Trinajstić information content (AvgIpc) is 2.15. The van der Waals surface area contributed by atoms with Crippen LogP contribution < -0.4 is 0 Å². The molecule has 0 heterocycles. The lowest BCUT2D eigenvalue weighted by molar-refractivity contribution is -0.110. The first-order valence-electron chi connectivity index (χ1n) is 4.00. The molecule has 0 saturated heterocycles. The van der Waals surface area contributed by atoms with Crippen LogP contribution in [0, 0.1) is 0 Å². The Labute approximate surface area is 82.4 Å². The van der Waals surface area contributed by atoms with Crippen molar-refractivity contribution in [2.45, 2.75) is 12.8 Å². The number of ketones is 1. The second-order valence-electron chi connectivity index (χ2n) is 2.68. The highest BCUT2D eigenvalue weighted by Crippen LogP contribution is 2.05. The molecular weight excluding hydrogens is 184 g/mol. The first-order chi connectivity index (χ1) is 6.20. The van der Waals surface area contributed by atoms with Gasteiger partial charge in [-0.3, -0.25) is 9.59 Å². The number of carbonyl (C=O) groups excluding carboxylic acids is 2. The van der Waals surface area contributed by atoms with E-state index in [0.717, 1.165) is 0 Å². The summed E-state index contributed by atoms with van der Waals surface area (Å²) in [5.41, 5.74) is 0.650. The standard InChI is InChI=1S/C10H10O2S/c11-9(6-7-10(12)13)8-4-2-1-3-5-8/h1-5H,6-7H2,(H,12,13). The summed E-state index contributed by atoms with van der Waals surface area (Å²) in [7, 11) is 0. The zero-order chi connectivity index (χ0) is 9.68. The number of thiol groups is 1. The van der Waals surface area contributed by atoms with Crippen molar-refractivity contribution in [3.8, 4) is 0 Å². The van der Waals surface area contributed by atoms with Crippen LogP contribution in [0.3, 0.4) is 0 Å². The second-order valence-corrected chi connectivity index (χ2v) is 3.18. The highest BCUT2D eigenvalue weighted by molar-refractivity contribution is 7.96. The van der Waals surface area contributed by atoms with Crippen molar-refractivity contribution in [2.75, 3.05) is 0 Å². The van der Waals surface area contributed by atoms with Gasteiger partial charge < -0.3 is 0 Å². The molecule has 1 aromatic rings. The van der Waals surface area contributed by atoms with E-state index in [2.05, 4.69) is 12.6 Å². The van der Waals surface area contributed by atoms with Crippen molar-refractivity contribution in [3.63, 3.8) is 0 Å². The summed E-state index contributed by atoms with van der Waals surface area (Å²) >= 11 is 3.59. The van der Waals surface area contributed by atoms with Gasteiger partial charge in [0, 0.05) is 18.4 Å². The van der Waals surface area contributed by atoms with Gasteiger partial charge >= 0.3 is 0 Å². The van der Waals surface area contributed by atoms with Gasteiger partial charge in [-0.25, -0.2) is 0 Å². The van der Waals surface area contributed by atoms with E-state index in [0.29, 0.717) is 5.56 Å². The Balaban J connectivity index is 2.54. The molecule has 0 aliphatic rings. The van der Waals surface area contributed by atoms with E-state index < -0.39 is 0 Å². The van der Waals surface area contributed by atoms with Crippen LogP contribution >= 0.6 is 12.6 Å². The molecule has 1 rings (SSSR count). The van der Waals surface area contributed by atoms with Gasteiger partial charge in [0.2, 0.25) is 0 Å². The summed E-state index contributed by atoms with van der Waals surface area (Å²) in [4.78, 5) is 21.9. The molecule has 3 heteroatoms. The second kappa shape index (κ2) is 4.82. The van der Waals surface area contributed by atoms with Crippen LogP contribution in [0.1, 0.15) is 23.2 Å². The Morgan fingerprint density at radius 2 is 1.69 bits per heavy atom. The van der Waals surface area contributed by atoms with Crippen molar-refractivity contribution in [3.05, 3.63) is 35.9 Å². The highest BCUT2D eigenvalue weighted by atomic mass is 32.1. The van der Waals surface area contributed by atoms with Gasteiger partial charge in [0.25, 0.3) is 0 Å². The van der Waals surface area contributed by atoms with Gasteiger partial charge in [-0.05, 0) is 0 Å². The fourth-order valence-corrected chi connectivity index (χ4v) is 1.10. The monoisotopic (exact) mass is 194 g/mol. The van der Waals surface area contributed by atoms with Gasteiger partial charge in [0.15, 0.2) is 10.9 Å². The maximum atomic E-state index is 11.4. The maximum absolute atomic E-state index is 11.4. The number of hydrogen-bond acceptors (Lipinski definition) is 2. The number of benzene rings is 1. The van der Waals surface area contributed by atoms with Gasteiger partial charge in [-0.15, -0.1) is 12.6 Å². The summed E-state index contributed by atoms with van der Waals surface area (Å²) in [6, 6.07) is 8.93. The van der Waals surface area contributed by atoms with E-state index in [1.54, 1.807) is 24.3 Å². The first-order valence-corrected chi connectivity index (χ1v) is 4.45. The Hall–Kier alpha value is -1.09. The molecular formula is C10H10O2S. The number of rotatable bonds is 4. The van der Waals surface area contributed by atoms with Crippen LogP contribution in [0.15, 0.2) is 30.3 Å². The van der Waals surface area contributed by atoms with Crippen molar-refractivity contribution in [1.29, 1.82) is 0 Å². The molecule has 0 fully saturated rings. The van der Waals surface area contributed by atoms with Gasteiger partial charge in [0.05, 0.1) is 0 Å². The summed E-state index contributed by atoms with van der Waals surface area (Å²) in [5, 5.41) is -0.246. The third-order valence-electron chi connectivity index (χ3n) is 1.66. The zero-order valence-electron chi connectivity index (χ0n) is 7.06. The predicted octanol–water partition coefficient (Wildman–Crippen LogP) is 2.11. The van der Waals surface area contributed by atoms with E-state index >= 15 is 0 Å². The molecule has 0 unspecified atom stereocenters. The molecule has 68 valence electrons. The minimum absolute atomic E-state index is 0.0111. The first kappa shape index (κ1) is 9.99. The maximum Gasteiger partial charge on any atom is 0.186 e. The lowest BCUT2D eigenvalue weighted by Gasteiger charge is -1.97. The third-order valence-corrected chi connectivity index (χ3v) is 1.89. The van der Waals surface area contributed by atoms with Gasteiger partial charge in [0.1, 0.15) is 0 Å². The van der Waals surface area contributed by atoms with Gasteiger partial charge in [-0.2, -0.15) is 0 Å². The van der Waals surface area contributed by atoms with E-state index in [1.807, 2.05) is 6.07 Å². The van der Waals surface area contributed by atoms with Crippen LogP contribution in [0.2, 0.25) is 0 Å². The quantitative estimate of drug-likeness (QED) is 0.588. The predicted molar refractivity (Wildman–Crippen MR) is 54.0 cm³/mol. The highest BCUT2D eigenvalue weighted by Gasteiger charge is 2.05. The minimum atomic E-state index is -0.246. The topological polar surface area (TPSA) is 34.1 Å². The molecule has 0 N–H and O–H groups in total. The lowest BCUT2D eigenvalue weighted by atomic mass is 10.1. The van der Waals surface area contributed by atoms with Crippen LogP contribution in [0.5, 0.6) is 0 Å². The summed E-state index contributed by atoms with van der Waals surface area (Å²) in [6.45, 7) is 0. The van der Waals surface area contributed by atoms with Crippen molar-refractivity contribution in [2.24, 2.45) is 0 Å². The Morgan fingerprint density at radius 1 is 1.08 bits per heavy atom. The third kappa shape index (κ3) is 3.42. The van der Waals surface area contributed by atoms with Crippen molar-refractivity contribution >= 4 is 23.5 Å². The average molecular weight is 194 g/mol. The Bertz CT molecular complexity index is 306. The Kier molecular flexibility index (Phi) is 3.71. The molecule has 13 heavy (non-hydrogen) atoms. The molecule has 1 aromatic carbocycles. The molecule has 0 amide bonds. The fourth-order valence-electron chi connectivity index (χ4n) is 0.989. The minimum Gasteiger partial charge on any atom is -0.294 e.